The van der Waals surface area contributed by atoms with Crippen LogP contribution in [0.1, 0.15) is 54.1 Å². The zero-order valence-corrected chi connectivity index (χ0v) is 16.5. The van der Waals surface area contributed by atoms with E-state index in [1.165, 1.54) is 18.2 Å². The maximum Gasteiger partial charge on any atom is 0.150 e. The van der Waals surface area contributed by atoms with Gasteiger partial charge in [0.15, 0.2) is 6.29 Å². The highest BCUT2D eigenvalue weighted by molar-refractivity contribution is 5.94. The maximum atomic E-state index is 11.7. The molecule has 2 aliphatic rings. The van der Waals surface area contributed by atoms with Crippen molar-refractivity contribution in [1.82, 2.24) is 0 Å². The molecule has 2 atom stereocenters. The van der Waals surface area contributed by atoms with Gasteiger partial charge in [0, 0.05) is 17.0 Å². The zero-order chi connectivity index (χ0) is 20.7. The smallest absolute Gasteiger partial charge is 0.150 e. The molecular formula is C25H24O4. The van der Waals surface area contributed by atoms with Crippen LogP contribution in [0.2, 0.25) is 0 Å². The number of hydrogen-bond acceptors (Lipinski definition) is 4. The van der Waals surface area contributed by atoms with Gasteiger partial charge in [-0.15, -0.1) is 0 Å². The summed E-state index contributed by atoms with van der Waals surface area (Å²) in [4.78, 5) is 11.7. The van der Waals surface area contributed by atoms with Gasteiger partial charge in [0.05, 0.1) is 0 Å². The fraction of sp³-hybridized carbons (Fsp3) is 0.240. The molecule has 0 aliphatic heterocycles. The van der Waals surface area contributed by atoms with Crippen LogP contribution < -0.4 is 0 Å². The summed E-state index contributed by atoms with van der Waals surface area (Å²) < 4.78 is 0. The van der Waals surface area contributed by atoms with E-state index in [0.717, 1.165) is 47.0 Å². The SMILES string of the molecule is CC1=C(C)[C@@H](c2cc(O)ccc2O)C2CCC=CC2=C1c1cc(O)ccc1C=O. The van der Waals surface area contributed by atoms with E-state index in [-0.39, 0.29) is 29.1 Å². The molecular weight excluding hydrogens is 364 g/mol. The van der Waals surface area contributed by atoms with Gasteiger partial charge in [0.25, 0.3) is 0 Å². The Kier molecular flexibility index (Phi) is 4.79. The minimum atomic E-state index is -0.0669. The lowest BCUT2D eigenvalue weighted by Crippen LogP contribution is -2.24. The van der Waals surface area contributed by atoms with Crippen LogP contribution in [0.15, 0.2) is 65.3 Å². The molecule has 0 heterocycles. The van der Waals surface area contributed by atoms with Gasteiger partial charge >= 0.3 is 0 Å². The van der Waals surface area contributed by atoms with Crippen molar-refractivity contribution in [3.8, 4) is 17.2 Å². The zero-order valence-electron chi connectivity index (χ0n) is 16.5. The Labute approximate surface area is 170 Å². The van der Waals surface area contributed by atoms with E-state index >= 15 is 0 Å². The number of phenolic OH excluding ortho intramolecular Hbond substituents is 3. The Morgan fingerprint density at radius 1 is 1.00 bits per heavy atom. The fourth-order valence-corrected chi connectivity index (χ4v) is 4.79. The number of fused-ring (bicyclic) bond motifs is 1. The van der Waals surface area contributed by atoms with Crippen molar-refractivity contribution in [2.45, 2.75) is 32.6 Å². The highest BCUT2D eigenvalue weighted by Crippen LogP contribution is 2.53. The molecule has 4 nitrogen and oxygen atoms in total. The molecule has 0 radical (unpaired) electrons. The highest BCUT2D eigenvalue weighted by Gasteiger charge is 2.37. The average Bonchev–Trinajstić information content (AvgIpc) is 2.71. The lowest BCUT2D eigenvalue weighted by Gasteiger charge is -2.39. The van der Waals surface area contributed by atoms with E-state index in [0.29, 0.717) is 11.1 Å². The van der Waals surface area contributed by atoms with Crippen LogP contribution in [0.25, 0.3) is 5.57 Å². The number of aldehydes is 1. The van der Waals surface area contributed by atoms with Gasteiger partial charge in [-0.05, 0) is 91.3 Å². The molecule has 0 saturated carbocycles. The highest BCUT2D eigenvalue weighted by atomic mass is 16.3. The standard InChI is InChI=1S/C25H24O4/c1-14-15(2)25(22-12-18(28)9-10-23(22)29)20-6-4-3-5-19(20)24(14)21-11-17(27)8-7-16(21)13-26/h3,5,7-13,20,25,27-29H,4,6H2,1-2H3/t20?,25-/m1/s1. The van der Waals surface area contributed by atoms with E-state index in [1.807, 2.05) is 13.8 Å². The Morgan fingerprint density at radius 3 is 2.48 bits per heavy atom. The third-order valence-electron chi connectivity index (χ3n) is 6.24. The van der Waals surface area contributed by atoms with E-state index in [1.54, 1.807) is 18.2 Å². The first-order valence-corrected chi connectivity index (χ1v) is 9.81. The van der Waals surface area contributed by atoms with Crippen molar-refractivity contribution >= 4 is 11.9 Å². The van der Waals surface area contributed by atoms with Crippen LogP contribution >= 0.6 is 0 Å². The van der Waals surface area contributed by atoms with Crippen LogP contribution in [-0.2, 0) is 0 Å². The summed E-state index contributed by atoms with van der Waals surface area (Å²) in [6.45, 7) is 4.06. The average molecular weight is 388 g/mol. The molecule has 0 saturated heterocycles. The summed E-state index contributed by atoms with van der Waals surface area (Å²) in [7, 11) is 0. The van der Waals surface area contributed by atoms with Crippen LogP contribution in [0.3, 0.4) is 0 Å². The van der Waals surface area contributed by atoms with Crippen molar-refractivity contribution < 1.29 is 20.1 Å². The van der Waals surface area contributed by atoms with E-state index < -0.39 is 0 Å². The van der Waals surface area contributed by atoms with Crippen molar-refractivity contribution in [3.63, 3.8) is 0 Å². The number of allylic oxidation sites excluding steroid dienone is 6. The molecule has 0 amide bonds. The summed E-state index contributed by atoms with van der Waals surface area (Å²) in [6.07, 6.45) is 6.87. The summed E-state index contributed by atoms with van der Waals surface area (Å²) in [6, 6.07) is 9.47. The Morgan fingerprint density at radius 2 is 1.72 bits per heavy atom. The molecule has 1 unspecified atom stereocenters. The molecule has 2 aromatic carbocycles. The first-order chi connectivity index (χ1) is 13.9. The molecule has 0 spiro atoms. The van der Waals surface area contributed by atoms with Gasteiger partial charge in [0.1, 0.15) is 17.2 Å². The molecule has 148 valence electrons. The predicted octanol–water partition coefficient (Wildman–Crippen LogP) is 5.47. The van der Waals surface area contributed by atoms with Crippen LogP contribution in [0, 0.1) is 5.92 Å². The molecule has 0 aromatic heterocycles. The fourth-order valence-electron chi connectivity index (χ4n) is 4.79. The maximum absolute atomic E-state index is 11.7. The minimum Gasteiger partial charge on any atom is -0.508 e. The number of carbonyl (C=O) groups excluding carboxylic acids is 1. The number of carbonyl (C=O) groups is 1. The molecule has 29 heavy (non-hydrogen) atoms. The third kappa shape index (κ3) is 3.15. The van der Waals surface area contributed by atoms with Gasteiger partial charge in [-0.3, -0.25) is 4.79 Å². The number of rotatable bonds is 3. The number of benzene rings is 2. The summed E-state index contributed by atoms with van der Waals surface area (Å²) in [5.41, 5.74) is 6.15. The largest absolute Gasteiger partial charge is 0.508 e. The van der Waals surface area contributed by atoms with Crippen LogP contribution in [0.5, 0.6) is 17.2 Å². The summed E-state index contributed by atoms with van der Waals surface area (Å²) >= 11 is 0. The molecule has 2 aromatic rings. The van der Waals surface area contributed by atoms with E-state index in [4.69, 9.17) is 0 Å². The monoisotopic (exact) mass is 388 g/mol. The molecule has 0 bridgehead atoms. The molecule has 2 aliphatic carbocycles. The first-order valence-electron chi connectivity index (χ1n) is 9.81. The Hall–Kier alpha value is -3.27. The van der Waals surface area contributed by atoms with Gasteiger partial charge in [-0.1, -0.05) is 17.7 Å². The Balaban J connectivity index is 1.98. The van der Waals surface area contributed by atoms with Gasteiger partial charge in [0.2, 0.25) is 0 Å². The third-order valence-corrected chi connectivity index (χ3v) is 6.24. The second kappa shape index (κ2) is 7.28. The lowest BCUT2D eigenvalue weighted by atomic mass is 9.65. The van der Waals surface area contributed by atoms with Gasteiger partial charge in [-0.2, -0.15) is 0 Å². The summed E-state index contributed by atoms with van der Waals surface area (Å²) in [5, 5.41) is 30.6. The number of aromatic hydroxyl groups is 3. The first kappa shape index (κ1) is 19.1. The molecule has 4 heteroatoms. The van der Waals surface area contributed by atoms with Gasteiger partial charge in [-0.25, -0.2) is 0 Å². The van der Waals surface area contributed by atoms with E-state index in [2.05, 4.69) is 12.2 Å². The topological polar surface area (TPSA) is 77.8 Å². The normalized spacial score (nSPS) is 21.3. The van der Waals surface area contributed by atoms with Crippen molar-refractivity contribution in [2.24, 2.45) is 5.92 Å². The molecule has 4 rings (SSSR count). The predicted molar refractivity (Wildman–Crippen MR) is 113 cm³/mol. The lowest BCUT2D eigenvalue weighted by molar-refractivity contribution is 0.112. The van der Waals surface area contributed by atoms with Crippen molar-refractivity contribution in [2.75, 3.05) is 0 Å². The van der Waals surface area contributed by atoms with Crippen molar-refractivity contribution in [1.29, 1.82) is 0 Å². The second-order valence-corrected chi connectivity index (χ2v) is 7.83. The number of hydrogen-bond donors (Lipinski definition) is 3. The summed E-state index contributed by atoms with van der Waals surface area (Å²) in [5.74, 6) is 0.453. The quantitative estimate of drug-likeness (QED) is 0.481. The minimum absolute atomic E-state index is 0.0669. The van der Waals surface area contributed by atoms with Crippen LogP contribution in [0.4, 0.5) is 0 Å². The second-order valence-electron chi connectivity index (χ2n) is 7.83. The Bertz CT molecular complexity index is 1090. The molecule has 0 fully saturated rings. The molecule has 3 N–H and O–H groups in total. The van der Waals surface area contributed by atoms with E-state index in [9.17, 15) is 20.1 Å². The number of phenols is 3. The van der Waals surface area contributed by atoms with Crippen molar-refractivity contribution in [3.05, 3.63) is 82.0 Å². The van der Waals surface area contributed by atoms with Gasteiger partial charge < -0.3 is 15.3 Å². The van der Waals surface area contributed by atoms with Crippen LogP contribution in [-0.4, -0.2) is 21.6 Å².